The van der Waals surface area contributed by atoms with Crippen molar-refractivity contribution in [3.05, 3.63) is 41.2 Å². The molecule has 0 amide bonds. The van der Waals surface area contributed by atoms with Crippen LogP contribution in [0.3, 0.4) is 0 Å². The lowest BCUT2D eigenvalue weighted by Gasteiger charge is -2.09. The molecule has 0 aliphatic heterocycles. The van der Waals surface area contributed by atoms with E-state index in [9.17, 15) is 0 Å². The third kappa shape index (κ3) is 3.54. The summed E-state index contributed by atoms with van der Waals surface area (Å²) in [6, 6.07) is 8.40. The van der Waals surface area contributed by atoms with E-state index in [0.29, 0.717) is 19.0 Å². The molecule has 106 valence electrons. The van der Waals surface area contributed by atoms with E-state index < -0.39 is 0 Å². The zero-order chi connectivity index (χ0) is 14.5. The number of hydrogen-bond donors (Lipinski definition) is 1. The van der Waals surface area contributed by atoms with E-state index in [4.69, 9.17) is 4.74 Å². The van der Waals surface area contributed by atoms with Crippen LogP contribution in [0.2, 0.25) is 0 Å². The molecule has 0 unspecified atom stereocenters. The predicted molar refractivity (Wildman–Crippen MR) is 81.8 cm³/mol. The largest absolute Gasteiger partial charge is 0.374 e. The molecule has 1 heterocycles. The third-order valence-electron chi connectivity index (χ3n) is 2.98. The minimum Gasteiger partial charge on any atom is -0.374 e. The summed E-state index contributed by atoms with van der Waals surface area (Å²) in [4.78, 5) is 9.01. The molecule has 20 heavy (non-hydrogen) atoms. The van der Waals surface area contributed by atoms with Crippen LogP contribution in [0.5, 0.6) is 0 Å². The summed E-state index contributed by atoms with van der Waals surface area (Å²) in [7, 11) is 1.86. The highest BCUT2D eigenvalue weighted by molar-refractivity contribution is 5.64. The van der Waals surface area contributed by atoms with E-state index in [1.165, 1.54) is 11.1 Å². The minimum absolute atomic E-state index is 0.434. The van der Waals surface area contributed by atoms with Crippen LogP contribution in [-0.4, -0.2) is 23.6 Å². The minimum atomic E-state index is 0.434. The Kier molecular flexibility index (Phi) is 4.69. The maximum absolute atomic E-state index is 5.40. The molecule has 1 aromatic carbocycles. The van der Waals surface area contributed by atoms with Crippen LogP contribution in [0, 0.1) is 13.8 Å². The van der Waals surface area contributed by atoms with Crippen LogP contribution in [-0.2, 0) is 11.3 Å². The Morgan fingerprint density at radius 1 is 1.05 bits per heavy atom. The fourth-order valence-electron chi connectivity index (χ4n) is 2.15. The fraction of sp³-hybridized carbons (Fsp3) is 0.375. The molecular weight excluding hydrogens is 250 g/mol. The maximum Gasteiger partial charge on any atom is 0.157 e. The molecule has 0 radical (unpaired) electrons. The van der Waals surface area contributed by atoms with Crippen molar-refractivity contribution in [2.75, 3.05) is 19.0 Å². The first kappa shape index (κ1) is 14.5. The Bertz CT molecular complexity index is 576. The Morgan fingerprint density at radius 3 is 2.35 bits per heavy atom. The van der Waals surface area contributed by atoms with Crippen molar-refractivity contribution >= 4 is 5.82 Å². The Morgan fingerprint density at radius 2 is 1.75 bits per heavy atom. The van der Waals surface area contributed by atoms with Gasteiger partial charge in [-0.2, -0.15) is 0 Å². The zero-order valence-electron chi connectivity index (χ0n) is 12.5. The van der Waals surface area contributed by atoms with Gasteiger partial charge < -0.3 is 10.1 Å². The highest BCUT2D eigenvalue weighted by atomic mass is 16.5. The first-order valence-corrected chi connectivity index (χ1v) is 6.84. The van der Waals surface area contributed by atoms with E-state index in [1.54, 1.807) is 0 Å². The molecule has 0 saturated heterocycles. The maximum atomic E-state index is 5.40. The molecule has 0 spiro atoms. The number of ether oxygens (including phenoxy) is 1. The molecule has 2 aromatic rings. The number of anilines is 1. The molecular formula is C16H21N3O. The van der Waals surface area contributed by atoms with Crippen LogP contribution < -0.4 is 5.32 Å². The van der Waals surface area contributed by atoms with Gasteiger partial charge in [0, 0.05) is 25.3 Å². The number of nitrogens with zero attached hydrogens (tertiary/aromatic N) is 2. The van der Waals surface area contributed by atoms with Crippen LogP contribution in [0.15, 0.2) is 24.3 Å². The van der Waals surface area contributed by atoms with Gasteiger partial charge in [0.2, 0.25) is 0 Å². The van der Waals surface area contributed by atoms with Crippen LogP contribution in [0.25, 0.3) is 11.3 Å². The van der Waals surface area contributed by atoms with E-state index in [1.807, 2.05) is 20.0 Å². The fourth-order valence-corrected chi connectivity index (χ4v) is 2.15. The topological polar surface area (TPSA) is 47.0 Å². The van der Waals surface area contributed by atoms with Gasteiger partial charge in [-0.15, -0.1) is 0 Å². The van der Waals surface area contributed by atoms with Crippen molar-refractivity contribution in [1.29, 1.82) is 0 Å². The highest BCUT2D eigenvalue weighted by Crippen LogP contribution is 2.22. The van der Waals surface area contributed by atoms with E-state index in [2.05, 4.69) is 47.3 Å². The smallest absolute Gasteiger partial charge is 0.157 e. The standard InChI is InChI=1S/C16H21N3O/c1-5-20-10-16-18-14(9-15(17-4)19-16)13-7-11(2)6-12(3)8-13/h6-9H,5,10H2,1-4H3,(H,17,18,19). The number of aryl methyl sites for hydroxylation is 2. The van der Waals surface area contributed by atoms with E-state index >= 15 is 0 Å². The second kappa shape index (κ2) is 6.48. The molecule has 0 fully saturated rings. The molecule has 0 aliphatic rings. The van der Waals surface area contributed by atoms with Gasteiger partial charge >= 0.3 is 0 Å². The third-order valence-corrected chi connectivity index (χ3v) is 2.98. The van der Waals surface area contributed by atoms with Crippen LogP contribution in [0.4, 0.5) is 5.82 Å². The summed E-state index contributed by atoms with van der Waals surface area (Å²) in [6.45, 7) is 7.25. The second-order valence-electron chi connectivity index (χ2n) is 4.82. The first-order chi connectivity index (χ1) is 9.62. The zero-order valence-corrected chi connectivity index (χ0v) is 12.5. The lowest BCUT2D eigenvalue weighted by molar-refractivity contribution is 0.128. The van der Waals surface area contributed by atoms with Crippen molar-refractivity contribution in [1.82, 2.24) is 9.97 Å². The molecule has 0 atom stereocenters. The monoisotopic (exact) mass is 271 g/mol. The van der Waals surface area contributed by atoms with Crippen molar-refractivity contribution < 1.29 is 4.74 Å². The number of rotatable bonds is 5. The Labute approximate surface area is 120 Å². The van der Waals surface area contributed by atoms with Crippen molar-refractivity contribution in [2.45, 2.75) is 27.4 Å². The van der Waals surface area contributed by atoms with Crippen molar-refractivity contribution in [2.24, 2.45) is 0 Å². The van der Waals surface area contributed by atoms with Gasteiger partial charge in [0.1, 0.15) is 12.4 Å². The predicted octanol–water partition coefficient (Wildman–Crippen LogP) is 3.34. The Hall–Kier alpha value is -1.94. The van der Waals surface area contributed by atoms with Crippen molar-refractivity contribution in [3.8, 4) is 11.3 Å². The van der Waals surface area contributed by atoms with Gasteiger partial charge in [0.25, 0.3) is 0 Å². The summed E-state index contributed by atoms with van der Waals surface area (Å²) < 4.78 is 5.40. The first-order valence-electron chi connectivity index (χ1n) is 6.84. The average molecular weight is 271 g/mol. The quantitative estimate of drug-likeness (QED) is 0.906. The molecule has 4 heteroatoms. The average Bonchev–Trinajstić information content (AvgIpc) is 2.43. The molecule has 4 nitrogen and oxygen atoms in total. The summed E-state index contributed by atoms with van der Waals surface area (Å²) in [5.74, 6) is 1.51. The van der Waals surface area contributed by atoms with E-state index in [-0.39, 0.29) is 0 Å². The lowest BCUT2D eigenvalue weighted by atomic mass is 10.0. The van der Waals surface area contributed by atoms with E-state index in [0.717, 1.165) is 17.1 Å². The second-order valence-corrected chi connectivity index (χ2v) is 4.82. The highest BCUT2D eigenvalue weighted by Gasteiger charge is 2.07. The normalized spacial score (nSPS) is 10.6. The summed E-state index contributed by atoms with van der Waals surface area (Å²) in [6.07, 6.45) is 0. The van der Waals surface area contributed by atoms with Gasteiger partial charge in [-0.3, -0.25) is 0 Å². The van der Waals surface area contributed by atoms with Crippen LogP contribution in [0.1, 0.15) is 23.9 Å². The molecule has 0 saturated carbocycles. The van der Waals surface area contributed by atoms with Gasteiger partial charge in [-0.25, -0.2) is 9.97 Å². The van der Waals surface area contributed by atoms with Gasteiger partial charge in [0.15, 0.2) is 5.82 Å². The van der Waals surface area contributed by atoms with Crippen molar-refractivity contribution in [3.63, 3.8) is 0 Å². The molecule has 0 bridgehead atoms. The molecule has 1 N–H and O–H groups in total. The number of nitrogens with one attached hydrogen (secondary N) is 1. The summed E-state index contributed by atoms with van der Waals surface area (Å²) in [5.41, 5.74) is 4.50. The number of hydrogen-bond acceptors (Lipinski definition) is 4. The summed E-state index contributed by atoms with van der Waals surface area (Å²) in [5, 5.41) is 3.08. The SMILES string of the molecule is CCOCc1nc(NC)cc(-c2cc(C)cc(C)c2)n1. The van der Waals surface area contributed by atoms with Crippen LogP contribution >= 0.6 is 0 Å². The summed E-state index contributed by atoms with van der Waals surface area (Å²) >= 11 is 0. The number of aromatic nitrogens is 2. The molecule has 1 aromatic heterocycles. The lowest BCUT2D eigenvalue weighted by Crippen LogP contribution is -2.04. The number of benzene rings is 1. The molecule has 0 aliphatic carbocycles. The van der Waals surface area contributed by atoms with Gasteiger partial charge in [0.05, 0.1) is 5.69 Å². The Balaban J connectivity index is 2.43. The molecule has 2 rings (SSSR count). The van der Waals surface area contributed by atoms with Gasteiger partial charge in [-0.05, 0) is 32.9 Å². The van der Waals surface area contributed by atoms with Gasteiger partial charge in [-0.1, -0.05) is 17.2 Å².